The molecule has 24 heavy (non-hydrogen) atoms. The molecule has 7 heteroatoms. The molecule has 3 aromatic rings. The van der Waals surface area contributed by atoms with Crippen molar-refractivity contribution in [2.24, 2.45) is 7.05 Å². The Morgan fingerprint density at radius 1 is 1.29 bits per heavy atom. The summed E-state index contributed by atoms with van der Waals surface area (Å²) in [7, 11) is 1.47. The molecule has 7 nitrogen and oxygen atoms in total. The summed E-state index contributed by atoms with van der Waals surface area (Å²) in [6.45, 7) is 2.21. The van der Waals surface area contributed by atoms with Crippen molar-refractivity contribution >= 4 is 16.8 Å². The van der Waals surface area contributed by atoms with E-state index in [9.17, 15) is 14.4 Å². The number of fused-ring (bicyclic) bond motifs is 1. The van der Waals surface area contributed by atoms with Crippen LogP contribution in [0.2, 0.25) is 0 Å². The van der Waals surface area contributed by atoms with Gasteiger partial charge in [-0.15, -0.1) is 0 Å². The summed E-state index contributed by atoms with van der Waals surface area (Å²) < 4.78 is 1.16. The van der Waals surface area contributed by atoms with Crippen LogP contribution in [0.15, 0.2) is 46.2 Å². The lowest BCUT2D eigenvalue weighted by Gasteiger charge is -2.11. The topological polar surface area (TPSA) is 96.8 Å². The van der Waals surface area contributed by atoms with E-state index in [-0.39, 0.29) is 12.1 Å². The summed E-state index contributed by atoms with van der Waals surface area (Å²) in [6.07, 6.45) is 2.94. The molecule has 3 rings (SSSR count). The SMILES string of the molecule is Cc1ccc2ncccc2c1CNC(=O)c1cn(C)c(=O)[nH]c1=O. The summed E-state index contributed by atoms with van der Waals surface area (Å²) in [6, 6.07) is 7.64. The highest BCUT2D eigenvalue weighted by Gasteiger charge is 2.13. The summed E-state index contributed by atoms with van der Waals surface area (Å²) in [5.74, 6) is -0.535. The number of hydrogen-bond acceptors (Lipinski definition) is 4. The van der Waals surface area contributed by atoms with Gasteiger partial charge in [0.05, 0.1) is 5.52 Å². The molecule has 0 unspecified atom stereocenters. The fourth-order valence-corrected chi connectivity index (χ4v) is 2.55. The maximum absolute atomic E-state index is 12.3. The largest absolute Gasteiger partial charge is 0.348 e. The standard InChI is InChI=1S/C17H16N4O3/c1-10-5-6-14-11(4-3-7-18-14)12(10)8-19-15(22)13-9-21(2)17(24)20-16(13)23/h3-7,9H,8H2,1-2H3,(H,19,22)(H,20,23,24). The fourth-order valence-electron chi connectivity index (χ4n) is 2.55. The van der Waals surface area contributed by atoms with E-state index in [4.69, 9.17) is 0 Å². The number of H-pyrrole nitrogens is 1. The van der Waals surface area contributed by atoms with Crippen molar-refractivity contribution in [2.75, 3.05) is 0 Å². The number of aromatic nitrogens is 3. The summed E-state index contributed by atoms with van der Waals surface area (Å²) >= 11 is 0. The maximum Gasteiger partial charge on any atom is 0.328 e. The van der Waals surface area contributed by atoms with Crippen molar-refractivity contribution in [3.8, 4) is 0 Å². The molecule has 0 spiro atoms. The minimum absolute atomic E-state index is 0.104. The van der Waals surface area contributed by atoms with Crippen molar-refractivity contribution in [3.05, 3.63) is 74.2 Å². The molecule has 0 bridgehead atoms. The van der Waals surface area contributed by atoms with Gasteiger partial charge in [0.25, 0.3) is 11.5 Å². The predicted octanol–water partition coefficient (Wildman–Crippen LogP) is 0.860. The Morgan fingerprint density at radius 2 is 2.08 bits per heavy atom. The van der Waals surface area contributed by atoms with Gasteiger partial charge in [0, 0.05) is 31.4 Å². The van der Waals surface area contributed by atoms with Gasteiger partial charge < -0.3 is 9.88 Å². The Labute approximate surface area is 137 Å². The number of nitrogens with one attached hydrogen (secondary N) is 2. The number of carbonyl (C=O) groups excluding carboxylic acids is 1. The van der Waals surface area contributed by atoms with E-state index in [0.29, 0.717) is 0 Å². The van der Waals surface area contributed by atoms with E-state index in [0.717, 1.165) is 26.6 Å². The number of aromatic amines is 1. The number of amides is 1. The minimum Gasteiger partial charge on any atom is -0.348 e. The highest BCUT2D eigenvalue weighted by atomic mass is 16.2. The molecule has 1 aromatic carbocycles. The molecular formula is C17H16N4O3. The molecular weight excluding hydrogens is 308 g/mol. The summed E-state index contributed by atoms with van der Waals surface area (Å²) in [5, 5.41) is 3.68. The number of aryl methyl sites for hydroxylation is 2. The molecule has 1 amide bonds. The van der Waals surface area contributed by atoms with Gasteiger partial charge in [-0.25, -0.2) is 4.79 Å². The Morgan fingerprint density at radius 3 is 2.88 bits per heavy atom. The van der Waals surface area contributed by atoms with Gasteiger partial charge in [0.15, 0.2) is 0 Å². The summed E-state index contributed by atoms with van der Waals surface area (Å²) in [4.78, 5) is 41.8. The van der Waals surface area contributed by atoms with Gasteiger partial charge in [0.2, 0.25) is 0 Å². The monoisotopic (exact) mass is 324 g/mol. The predicted molar refractivity (Wildman–Crippen MR) is 90.0 cm³/mol. The molecule has 0 saturated heterocycles. The highest BCUT2D eigenvalue weighted by Crippen LogP contribution is 2.20. The number of benzene rings is 1. The van der Waals surface area contributed by atoms with Gasteiger partial charge in [-0.1, -0.05) is 12.1 Å². The number of pyridine rings is 1. The summed E-state index contributed by atoms with van der Waals surface area (Å²) in [5.41, 5.74) is 1.43. The van der Waals surface area contributed by atoms with E-state index in [1.807, 2.05) is 31.2 Å². The van der Waals surface area contributed by atoms with Crippen molar-refractivity contribution in [1.82, 2.24) is 19.9 Å². The van der Waals surface area contributed by atoms with E-state index in [1.54, 1.807) is 6.20 Å². The van der Waals surface area contributed by atoms with Crippen LogP contribution in [0.4, 0.5) is 0 Å². The van der Waals surface area contributed by atoms with Crippen LogP contribution in [-0.2, 0) is 13.6 Å². The second kappa shape index (κ2) is 6.11. The van der Waals surface area contributed by atoms with Crippen molar-refractivity contribution in [1.29, 1.82) is 0 Å². The average molecular weight is 324 g/mol. The maximum atomic E-state index is 12.3. The van der Waals surface area contributed by atoms with Crippen LogP contribution in [0.3, 0.4) is 0 Å². The Hall–Kier alpha value is -3.22. The number of hydrogen-bond donors (Lipinski definition) is 2. The third-order valence-electron chi connectivity index (χ3n) is 3.91. The first-order valence-electron chi connectivity index (χ1n) is 7.39. The normalized spacial score (nSPS) is 10.8. The molecule has 0 fully saturated rings. The van der Waals surface area contributed by atoms with E-state index >= 15 is 0 Å². The highest BCUT2D eigenvalue weighted by molar-refractivity contribution is 5.94. The van der Waals surface area contributed by atoms with Crippen molar-refractivity contribution in [2.45, 2.75) is 13.5 Å². The molecule has 122 valence electrons. The van der Waals surface area contributed by atoms with Crippen LogP contribution in [0.1, 0.15) is 21.5 Å². The minimum atomic E-state index is -0.702. The zero-order valence-corrected chi connectivity index (χ0v) is 13.3. The molecule has 0 atom stereocenters. The van der Waals surface area contributed by atoms with E-state index in [1.165, 1.54) is 13.2 Å². The smallest absolute Gasteiger partial charge is 0.328 e. The van der Waals surface area contributed by atoms with Gasteiger partial charge >= 0.3 is 5.69 Å². The lowest BCUT2D eigenvalue weighted by molar-refractivity contribution is 0.0948. The lowest BCUT2D eigenvalue weighted by atomic mass is 10.0. The average Bonchev–Trinajstić information content (AvgIpc) is 2.57. The van der Waals surface area contributed by atoms with Gasteiger partial charge in [-0.05, 0) is 30.2 Å². The zero-order valence-electron chi connectivity index (χ0n) is 13.3. The molecule has 2 N–H and O–H groups in total. The van der Waals surface area contributed by atoms with Crippen LogP contribution in [0, 0.1) is 6.92 Å². The van der Waals surface area contributed by atoms with Gasteiger partial charge in [-0.3, -0.25) is 19.6 Å². The molecule has 2 heterocycles. The van der Waals surface area contributed by atoms with Crippen molar-refractivity contribution < 1.29 is 4.79 Å². The lowest BCUT2D eigenvalue weighted by Crippen LogP contribution is -2.36. The van der Waals surface area contributed by atoms with Crippen LogP contribution < -0.4 is 16.6 Å². The van der Waals surface area contributed by atoms with Crippen LogP contribution in [-0.4, -0.2) is 20.4 Å². The van der Waals surface area contributed by atoms with Crippen LogP contribution >= 0.6 is 0 Å². The number of nitrogens with zero attached hydrogens (tertiary/aromatic N) is 2. The first kappa shape index (κ1) is 15.7. The molecule has 0 aliphatic heterocycles. The Balaban J connectivity index is 1.90. The van der Waals surface area contributed by atoms with Crippen LogP contribution in [0.5, 0.6) is 0 Å². The Bertz CT molecular complexity index is 1050. The van der Waals surface area contributed by atoms with Gasteiger partial charge in [0.1, 0.15) is 5.56 Å². The molecule has 0 aliphatic carbocycles. The zero-order chi connectivity index (χ0) is 17.3. The van der Waals surface area contributed by atoms with Crippen molar-refractivity contribution in [3.63, 3.8) is 0 Å². The Kier molecular flexibility index (Phi) is 3.99. The first-order valence-corrected chi connectivity index (χ1v) is 7.39. The first-order chi connectivity index (χ1) is 11.5. The molecule has 2 aromatic heterocycles. The third kappa shape index (κ3) is 2.83. The van der Waals surface area contributed by atoms with E-state index in [2.05, 4.69) is 15.3 Å². The fraction of sp³-hybridized carbons (Fsp3) is 0.176. The molecule has 0 aliphatic rings. The number of rotatable bonds is 3. The quantitative estimate of drug-likeness (QED) is 0.747. The molecule has 0 radical (unpaired) electrons. The second-order valence-electron chi connectivity index (χ2n) is 5.53. The molecule has 0 saturated carbocycles. The van der Waals surface area contributed by atoms with Crippen LogP contribution in [0.25, 0.3) is 10.9 Å². The number of carbonyl (C=O) groups is 1. The second-order valence-corrected chi connectivity index (χ2v) is 5.53. The third-order valence-corrected chi connectivity index (χ3v) is 3.91. The van der Waals surface area contributed by atoms with Gasteiger partial charge in [-0.2, -0.15) is 0 Å². The van der Waals surface area contributed by atoms with E-state index < -0.39 is 17.2 Å².